The molecule has 1 atom stereocenters. The minimum atomic E-state index is -3.72. The fourth-order valence-electron chi connectivity index (χ4n) is 2.22. The number of benzene rings is 1. The van der Waals surface area contributed by atoms with Crippen molar-refractivity contribution in [2.24, 2.45) is 0 Å². The number of nitrogens with zero attached hydrogens (tertiary/aromatic N) is 3. The second kappa shape index (κ2) is 8.61. The van der Waals surface area contributed by atoms with E-state index in [0.717, 1.165) is 0 Å². The molecule has 1 heterocycles. The summed E-state index contributed by atoms with van der Waals surface area (Å²) in [5, 5.41) is 17.3. The van der Waals surface area contributed by atoms with Crippen LogP contribution in [0, 0.1) is 0 Å². The number of rotatable bonds is 9. The lowest BCUT2D eigenvalue weighted by molar-refractivity contribution is 0.218. The highest BCUT2D eigenvalue weighted by molar-refractivity contribution is 7.89. The van der Waals surface area contributed by atoms with Gasteiger partial charge in [0.15, 0.2) is 5.82 Å². The Morgan fingerprint density at radius 2 is 2.00 bits per heavy atom. The summed E-state index contributed by atoms with van der Waals surface area (Å²) in [5.74, 6) is 0.444. The maximum atomic E-state index is 12.5. The Kier molecular flexibility index (Phi) is 6.77. The number of aromatic nitrogens is 3. The van der Waals surface area contributed by atoms with Crippen LogP contribution in [0.3, 0.4) is 0 Å². The van der Waals surface area contributed by atoms with Crippen LogP contribution in [-0.2, 0) is 16.6 Å². The lowest BCUT2D eigenvalue weighted by atomic mass is 10.3. The van der Waals surface area contributed by atoms with E-state index in [1.165, 1.54) is 24.3 Å². The maximum absolute atomic E-state index is 12.5. The molecule has 10 heteroatoms. The standard InChI is InChI=1S/C15H21ClN4O4S/c1-3-20-14(17-18-15(20)24-10-4-9-21)11(2)19-25(22,23)13-7-5-12(16)6-8-13/h5-8,11,19,21H,3-4,9-10H2,1-2H3/t11-/m1/s1. The third kappa shape index (κ3) is 4.91. The Morgan fingerprint density at radius 1 is 1.32 bits per heavy atom. The highest BCUT2D eigenvalue weighted by Crippen LogP contribution is 2.20. The molecule has 138 valence electrons. The minimum Gasteiger partial charge on any atom is -0.463 e. The number of ether oxygens (including phenoxy) is 1. The van der Waals surface area contributed by atoms with E-state index >= 15 is 0 Å². The summed E-state index contributed by atoms with van der Waals surface area (Å²) >= 11 is 5.79. The van der Waals surface area contributed by atoms with Gasteiger partial charge in [0.2, 0.25) is 10.0 Å². The van der Waals surface area contributed by atoms with Crippen LogP contribution in [0.5, 0.6) is 6.01 Å². The summed E-state index contributed by atoms with van der Waals surface area (Å²) in [6.45, 7) is 4.40. The van der Waals surface area contributed by atoms with Gasteiger partial charge in [0.1, 0.15) is 0 Å². The lowest BCUT2D eigenvalue weighted by Crippen LogP contribution is -2.29. The third-order valence-electron chi connectivity index (χ3n) is 3.44. The molecular weight excluding hydrogens is 368 g/mol. The van der Waals surface area contributed by atoms with E-state index in [1.54, 1.807) is 11.5 Å². The Labute approximate surface area is 151 Å². The summed E-state index contributed by atoms with van der Waals surface area (Å²) < 4.78 is 34.7. The molecule has 0 saturated carbocycles. The van der Waals surface area contributed by atoms with Gasteiger partial charge in [-0.2, -0.15) is 0 Å². The molecule has 2 N–H and O–H groups in total. The molecule has 0 bridgehead atoms. The SMILES string of the molecule is CCn1c(OCCCO)nnc1[C@@H](C)NS(=O)(=O)c1ccc(Cl)cc1. The molecule has 0 fully saturated rings. The third-order valence-corrected chi connectivity index (χ3v) is 5.25. The molecule has 0 unspecified atom stereocenters. The Bertz CT molecular complexity index is 792. The van der Waals surface area contributed by atoms with E-state index < -0.39 is 16.1 Å². The monoisotopic (exact) mass is 388 g/mol. The second-order valence-electron chi connectivity index (χ2n) is 5.31. The molecule has 0 aliphatic carbocycles. The first-order valence-electron chi connectivity index (χ1n) is 7.83. The molecule has 1 aromatic carbocycles. The smallest absolute Gasteiger partial charge is 0.316 e. The fourth-order valence-corrected chi connectivity index (χ4v) is 3.55. The van der Waals surface area contributed by atoms with Crippen LogP contribution in [0.1, 0.15) is 32.1 Å². The molecule has 0 spiro atoms. The number of aliphatic hydroxyl groups is 1. The van der Waals surface area contributed by atoms with Crippen LogP contribution in [0.2, 0.25) is 5.02 Å². The lowest BCUT2D eigenvalue weighted by Gasteiger charge is -2.15. The molecule has 2 aromatic rings. The summed E-state index contributed by atoms with van der Waals surface area (Å²) in [6.07, 6.45) is 0.477. The average Bonchev–Trinajstić information content (AvgIpc) is 2.98. The van der Waals surface area contributed by atoms with Crippen molar-refractivity contribution in [3.63, 3.8) is 0 Å². The van der Waals surface area contributed by atoms with Gasteiger partial charge in [0.05, 0.1) is 17.5 Å². The first kappa shape index (κ1) is 19.6. The van der Waals surface area contributed by atoms with Crippen molar-refractivity contribution in [1.29, 1.82) is 0 Å². The van der Waals surface area contributed by atoms with Crippen molar-refractivity contribution in [3.8, 4) is 6.01 Å². The largest absolute Gasteiger partial charge is 0.463 e. The first-order valence-corrected chi connectivity index (χ1v) is 9.69. The molecular formula is C15H21ClN4O4S. The molecule has 25 heavy (non-hydrogen) atoms. The van der Waals surface area contributed by atoms with E-state index in [9.17, 15) is 8.42 Å². The molecule has 0 amide bonds. The molecule has 1 aromatic heterocycles. The molecule has 0 aliphatic rings. The van der Waals surface area contributed by atoms with Gasteiger partial charge in [-0.15, -0.1) is 5.10 Å². The number of halogens is 1. The zero-order valence-corrected chi connectivity index (χ0v) is 15.6. The topological polar surface area (TPSA) is 106 Å². The summed E-state index contributed by atoms with van der Waals surface area (Å²) in [4.78, 5) is 0.116. The normalized spacial score (nSPS) is 13.0. The fraction of sp³-hybridized carbons (Fsp3) is 0.467. The van der Waals surface area contributed by atoms with E-state index in [4.69, 9.17) is 21.4 Å². The Morgan fingerprint density at radius 3 is 2.60 bits per heavy atom. The van der Waals surface area contributed by atoms with Crippen molar-refractivity contribution in [1.82, 2.24) is 19.5 Å². The number of aliphatic hydroxyl groups excluding tert-OH is 1. The quantitative estimate of drug-likeness (QED) is 0.634. The Hall–Kier alpha value is -1.68. The molecule has 0 saturated heterocycles. The van der Waals surface area contributed by atoms with Crippen molar-refractivity contribution in [2.45, 2.75) is 37.8 Å². The highest BCUT2D eigenvalue weighted by atomic mass is 35.5. The Balaban J connectivity index is 2.17. The summed E-state index contributed by atoms with van der Waals surface area (Å²) in [7, 11) is -3.72. The zero-order chi connectivity index (χ0) is 18.4. The molecule has 2 rings (SSSR count). The van der Waals surface area contributed by atoms with Gasteiger partial charge in [0.25, 0.3) is 0 Å². The van der Waals surface area contributed by atoms with Crippen molar-refractivity contribution < 1.29 is 18.3 Å². The summed E-state index contributed by atoms with van der Waals surface area (Å²) in [6, 6.07) is 5.59. The van der Waals surface area contributed by atoms with Crippen LogP contribution < -0.4 is 9.46 Å². The minimum absolute atomic E-state index is 0.0183. The van der Waals surface area contributed by atoms with E-state index in [1.807, 2.05) is 6.92 Å². The summed E-state index contributed by atoms with van der Waals surface area (Å²) in [5.41, 5.74) is 0. The van der Waals surface area contributed by atoms with Gasteiger partial charge in [0, 0.05) is 24.6 Å². The van der Waals surface area contributed by atoms with Crippen molar-refractivity contribution in [3.05, 3.63) is 35.1 Å². The van der Waals surface area contributed by atoms with Crippen LogP contribution >= 0.6 is 11.6 Å². The zero-order valence-electron chi connectivity index (χ0n) is 14.0. The number of nitrogens with one attached hydrogen (secondary N) is 1. The van der Waals surface area contributed by atoms with Gasteiger partial charge in [-0.1, -0.05) is 16.7 Å². The van der Waals surface area contributed by atoms with Gasteiger partial charge >= 0.3 is 6.01 Å². The van der Waals surface area contributed by atoms with Gasteiger partial charge in [-0.05, 0) is 38.1 Å². The van der Waals surface area contributed by atoms with E-state index in [-0.39, 0.29) is 11.5 Å². The van der Waals surface area contributed by atoms with E-state index in [2.05, 4.69) is 14.9 Å². The molecule has 0 radical (unpaired) electrons. The van der Waals surface area contributed by atoms with Gasteiger partial charge < -0.3 is 9.84 Å². The maximum Gasteiger partial charge on any atom is 0.316 e. The predicted octanol–water partition coefficient (Wildman–Crippen LogP) is 1.75. The van der Waals surface area contributed by atoms with Crippen LogP contribution in [-0.4, -0.2) is 41.5 Å². The molecule has 0 aliphatic heterocycles. The second-order valence-corrected chi connectivity index (χ2v) is 7.46. The number of hydrogen-bond donors (Lipinski definition) is 2. The van der Waals surface area contributed by atoms with Gasteiger partial charge in [-0.25, -0.2) is 13.1 Å². The average molecular weight is 389 g/mol. The van der Waals surface area contributed by atoms with Crippen LogP contribution in [0.4, 0.5) is 0 Å². The predicted molar refractivity (Wildman–Crippen MR) is 93.1 cm³/mol. The van der Waals surface area contributed by atoms with Crippen LogP contribution in [0.15, 0.2) is 29.2 Å². The number of sulfonamides is 1. The van der Waals surface area contributed by atoms with E-state index in [0.29, 0.717) is 36.4 Å². The van der Waals surface area contributed by atoms with Crippen molar-refractivity contribution >= 4 is 21.6 Å². The van der Waals surface area contributed by atoms with Gasteiger partial charge in [-0.3, -0.25) is 4.57 Å². The highest BCUT2D eigenvalue weighted by Gasteiger charge is 2.23. The number of hydrogen-bond acceptors (Lipinski definition) is 6. The van der Waals surface area contributed by atoms with Crippen LogP contribution in [0.25, 0.3) is 0 Å². The first-order chi connectivity index (χ1) is 11.9. The molecule has 8 nitrogen and oxygen atoms in total. The van der Waals surface area contributed by atoms with Crippen molar-refractivity contribution in [2.75, 3.05) is 13.2 Å².